The fourth-order valence-electron chi connectivity index (χ4n) is 4.11. The normalized spacial score (nSPS) is 12.4. The van der Waals surface area contributed by atoms with Gasteiger partial charge in [0, 0.05) is 5.92 Å². The van der Waals surface area contributed by atoms with E-state index in [1.165, 1.54) is 12.1 Å². The lowest BCUT2D eigenvalue weighted by atomic mass is 9.98. The van der Waals surface area contributed by atoms with Crippen LogP contribution in [-0.4, -0.2) is 33.7 Å². The van der Waals surface area contributed by atoms with Gasteiger partial charge in [0.25, 0.3) is 0 Å². The van der Waals surface area contributed by atoms with Crippen LogP contribution in [0.25, 0.3) is 22.2 Å². The molecule has 8 heteroatoms. The highest BCUT2D eigenvalue weighted by Gasteiger charge is 2.29. The number of nitrogens with one attached hydrogen (secondary N) is 3. The van der Waals surface area contributed by atoms with E-state index in [1.54, 1.807) is 0 Å². The molecule has 8 nitrogen and oxygen atoms in total. The summed E-state index contributed by atoms with van der Waals surface area (Å²) in [6.45, 7) is 0.103. The number of fused-ring (bicyclic) bond motifs is 4. The van der Waals surface area contributed by atoms with Crippen LogP contribution in [0.1, 0.15) is 27.4 Å². The SMILES string of the molecule is O=C(Nc1cc2[nH]c(=O)[nH]c2cc1C(=O)O)OCC1c2ccccc2-c2ccccc21. The summed E-state index contributed by atoms with van der Waals surface area (Å²) in [5, 5.41) is 12.0. The van der Waals surface area contributed by atoms with E-state index in [0.29, 0.717) is 11.0 Å². The Bertz CT molecular complexity index is 1360. The van der Waals surface area contributed by atoms with Gasteiger partial charge in [0.1, 0.15) is 6.61 Å². The van der Waals surface area contributed by atoms with Crippen LogP contribution in [0.2, 0.25) is 0 Å². The third kappa shape index (κ3) is 3.24. The summed E-state index contributed by atoms with van der Waals surface area (Å²) >= 11 is 0. The quantitative estimate of drug-likeness (QED) is 0.402. The number of carbonyl (C=O) groups is 2. The number of hydrogen-bond acceptors (Lipinski definition) is 4. The molecule has 1 aliphatic carbocycles. The molecular weight excluding hydrogens is 398 g/mol. The summed E-state index contributed by atoms with van der Waals surface area (Å²) in [6, 6.07) is 18.6. The lowest BCUT2D eigenvalue weighted by molar-refractivity contribution is 0.0698. The van der Waals surface area contributed by atoms with Gasteiger partial charge in [0.15, 0.2) is 0 Å². The molecule has 0 bridgehead atoms. The Labute approximate surface area is 175 Å². The van der Waals surface area contributed by atoms with Gasteiger partial charge in [-0.15, -0.1) is 0 Å². The van der Waals surface area contributed by atoms with Crippen molar-refractivity contribution in [2.75, 3.05) is 11.9 Å². The first-order valence-electron chi connectivity index (χ1n) is 9.62. The van der Waals surface area contributed by atoms with E-state index in [2.05, 4.69) is 15.3 Å². The van der Waals surface area contributed by atoms with E-state index in [1.807, 2.05) is 48.5 Å². The number of carboxylic acid groups (broad SMARTS) is 1. The number of amides is 1. The van der Waals surface area contributed by atoms with Gasteiger partial charge >= 0.3 is 17.8 Å². The predicted molar refractivity (Wildman–Crippen MR) is 115 cm³/mol. The van der Waals surface area contributed by atoms with Crippen molar-refractivity contribution in [2.45, 2.75) is 5.92 Å². The van der Waals surface area contributed by atoms with Crippen LogP contribution >= 0.6 is 0 Å². The third-order valence-electron chi connectivity index (χ3n) is 5.46. The molecule has 1 aromatic heterocycles. The number of hydrogen-bond donors (Lipinski definition) is 4. The standard InChI is InChI=1S/C23H17N3O5/c27-21(28)16-9-19-20(25-22(29)24-19)10-18(16)26-23(30)31-11-17-14-7-3-1-5-12(14)13-6-2-4-8-15(13)17/h1-10,17H,11H2,(H,26,30)(H,27,28)(H2,24,25,29). The average molecular weight is 415 g/mol. The average Bonchev–Trinajstić information content (AvgIpc) is 3.28. The number of anilines is 1. The molecule has 4 N–H and O–H groups in total. The van der Waals surface area contributed by atoms with E-state index in [0.717, 1.165) is 22.3 Å². The van der Waals surface area contributed by atoms with Crippen LogP contribution in [-0.2, 0) is 4.74 Å². The fourth-order valence-corrected chi connectivity index (χ4v) is 4.11. The van der Waals surface area contributed by atoms with Gasteiger partial charge in [-0.05, 0) is 34.4 Å². The number of ether oxygens (including phenoxy) is 1. The van der Waals surface area contributed by atoms with Crippen molar-refractivity contribution < 1.29 is 19.4 Å². The lowest BCUT2D eigenvalue weighted by Gasteiger charge is -2.15. The van der Waals surface area contributed by atoms with Crippen LogP contribution < -0.4 is 11.0 Å². The van der Waals surface area contributed by atoms with Crippen molar-refractivity contribution >= 4 is 28.8 Å². The first-order valence-corrected chi connectivity index (χ1v) is 9.62. The highest BCUT2D eigenvalue weighted by molar-refractivity contribution is 6.02. The van der Waals surface area contributed by atoms with Crippen LogP contribution in [0, 0.1) is 0 Å². The van der Waals surface area contributed by atoms with Crippen molar-refractivity contribution in [2.24, 2.45) is 0 Å². The molecule has 0 radical (unpaired) electrons. The molecule has 4 aromatic rings. The number of H-pyrrole nitrogens is 2. The van der Waals surface area contributed by atoms with Crippen LogP contribution in [0.3, 0.4) is 0 Å². The highest BCUT2D eigenvalue weighted by atomic mass is 16.5. The molecule has 1 aliphatic rings. The Morgan fingerprint density at radius 2 is 1.52 bits per heavy atom. The zero-order chi connectivity index (χ0) is 21.5. The van der Waals surface area contributed by atoms with Crippen molar-refractivity contribution in [3.05, 3.63) is 87.8 Å². The summed E-state index contributed by atoms with van der Waals surface area (Å²) < 4.78 is 5.47. The zero-order valence-corrected chi connectivity index (χ0v) is 16.1. The van der Waals surface area contributed by atoms with Gasteiger partial charge in [0.2, 0.25) is 0 Å². The second kappa shape index (κ2) is 7.17. The molecule has 0 saturated carbocycles. The van der Waals surface area contributed by atoms with E-state index in [-0.39, 0.29) is 23.8 Å². The number of aromatic carboxylic acids is 1. The summed E-state index contributed by atoms with van der Waals surface area (Å²) in [5.74, 6) is -1.35. The third-order valence-corrected chi connectivity index (χ3v) is 5.46. The number of imidazole rings is 1. The zero-order valence-electron chi connectivity index (χ0n) is 16.1. The fraction of sp³-hybridized carbons (Fsp3) is 0.0870. The Hall–Kier alpha value is -4.33. The topological polar surface area (TPSA) is 124 Å². The molecule has 0 fully saturated rings. The first kappa shape index (κ1) is 18.7. The van der Waals surface area contributed by atoms with Crippen molar-refractivity contribution in [3.63, 3.8) is 0 Å². The first-order chi connectivity index (χ1) is 15.0. The van der Waals surface area contributed by atoms with Crippen molar-refractivity contribution in [3.8, 4) is 11.1 Å². The molecule has 0 unspecified atom stereocenters. The van der Waals surface area contributed by atoms with E-state index < -0.39 is 17.8 Å². The summed E-state index contributed by atoms with van der Waals surface area (Å²) in [6.07, 6.45) is -0.776. The van der Waals surface area contributed by atoms with Gasteiger partial charge in [-0.2, -0.15) is 0 Å². The van der Waals surface area contributed by atoms with E-state index in [4.69, 9.17) is 4.74 Å². The largest absolute Gasteiger partial charge is 0.478 e. The molecule has 1 heterocycles. The van der Waals surface area contributed by atoms with Gasteiger partial charge < -0.3 is 19.8 Å². The van der Waals surface area contributed by atoms with Gasteiger partial charge in [-0.25, -0.2) is 14.4 Å². The Morgan fingerprint density at radius 1 is 0.935 bits per heavy atom. The maximum atomic E-state index is 12.5. The van der Waals surface area contributed by atoms with Gasteiger partial charge in [0.05, 0.1) is 22.3 Å². The van der Waals surface area contributed by atoms with Crippen LogP contribution in [0.4, 0.5) is 10.5 Å². The number of carbonyl (C=O) groups excluding carboxylic acids is 1. The number of aromatic amines is 2. The number of benzene rings is 3. The van der Waals surface area contributed by atoms with Crippen LogP contribution in [0.5, 0.6) is 0 Å². The minimum Gasteiger partial charge on any atom is -0.478 e. The Balaban J connectivity index is 1.38. The number of rotatable bonds is 4. The molecule has 0 saturated heterocycles. The monoisotopic (exact) mass is 415 g/mol. The molecule has 3 aromatic carbocycles. The molecule has 154 valence electrons. The molecule has 0 aliphatic heterocycles. The van der Waals surface area contributed by atoms with Crippen molar-refractivity contribution in [1.82, 2.24) is 9.97 Å². The highest BCUT2D eigenvalue weighted by Crippen LogP contribution is 2.44. The van der Waals surface area contributed by atoms with Gasteiger partial charge in [-0.3, -0.25) is 5.32 Å². The van der Waals surface area contributed by atoms with E-state index >= 15 is 0 Å². The summed E-state index contributed by atoms with van der Waals surface area (Å²) in [7, 11) is 0. The molecular formula is C23H17N3O5. The molecule has 0 atom stereocenters. The number of carboxylic acids is 1. The maximum absolute atomic E-state index is 12.5. The Morgan fingerprint density at radius 3 is 2.13 bits per heavy atom. The van der Waals surface area contributed by atoms with E-state index in [9.17, 15) is 19.5 Å². The molecule has 31 heavy (non-hydrogen) atoms. The lowest BCUT2D eigenvalue weighted by Crippen LogP contribution is -2.19. The molecule has 5 rings (SSSR count). The predicted octanol–water partition coefficient (Wildman–Crippen LogP) is 3.92. The van der Waals surface area contributed by atoms with Crippen molar-refractivity contribution in [1.29, 1.82) is 0 Å². The van der Waals surface area contributed by atoms with Crippen LogP contribution in [0.15, 0.2) is 65.5 Å². The summed E-state index contributed by atoms with van der Waals surface area (Å²) in [4.78, 5) is 40.6. The second-order valence-corrected chi connectivity index (χ2v) is 7.28. The smallest absolute Gasteiger partial charge is 0.411 e. The second-order valence-electron chi connectivity index (χ2n) is 7.28. The Kier molecular flexibility index (Phi) is 4.32. The minimum absolute atomic E-state index is 0.0347. The molecule has 1 amide bonds. The molecule has 0 spiro atoms. The summed E-state index contributed by atoms with van der Waals surface area (Å²) in [5.41, 5.74) is 4.50. The van der Waals surface area contributed by atoms with Gasteiger partial charge in [-0.1, -0.05) is 48.5 Å². The number of aromatic nitrogens is 2. The maximum Gasteiger partial charge on any atom is 0.411 e. The minimum atomic E-state index is -1.24.